The molecule has 2 heterocycles. The highest BCUT2D eigenvalue weighted by atomic mass is 79.9. The number of nitrogens with zero attached hydrogens (tertiary/aromatic N) is 2. The summed E-state index contributed by atoms with van der Waals surface area (Å²) in [6, 6.07) is 19.6. The summed E-state index contributed by atoms with van der Waals surface area (Å²) in [6.07, 6.45) is 0. The molecule has 29 heavy (non-hydrogen) atoms. The molecule has 1 saturated heterocycles. The molecule has 1 aromatic heterocycles. The van der Waals surface area contributed by atoms with Gasteiger partial charge in [0.2, 0.25) is 0 Å². The fraction of sp³-hybridized carbons (Fsp3) is 0.217. The van der Waals surface area contributed by atoms with E-state index in [0.717, 1.165) is 40.2 Å². The Bertz CT molecular complexity index is 1030. The van der Waals surface area contributed by atoms with E-state index < -0.39 is 0 Å². The van der Waals surface area contributed by atoms with Gasteiger partial charge in [-0.3, -0.25) is 9.78 Å². The van der Waals surface area contributed by atoms with Crippen LogP contribution in [0.25, 0.3) is 11.3 Å². The Morgan fingerprint density at radius 2 is 1.86 bits per heavy atom. The zero-order valence-electron chi connectivity index (χ0n) is 16.2. The number of anilines is 2. The maximum Gasteiger partial charge on any atom is 0.257 e. The minimum Gasteiger partial charge on any atom is -0.378 e. The van der Waals surface area contributed by atoms with E-state index in [2.05, 4.69) is 31.1 Å². The van der Waals surface area contributed by atoms with Gasteiger partial charge in [-0.25, -0.2) is 0 Å². The lowest BCUT2D eigenvalue weighted by molar-refractivity contribution is 0.102. The molecular formula is C23H22BrN3O2. The number of carbonyl (C=O) groups excluding carboxylic acids is 1. The number of hydrogen-bond acceptors (Lipinski definition) is 4. The van der Waals surface area contributed by atoms with Crippen LogP contribution in [0.5, 0.6) is 0 Å². The molecule has 0 saturated carbocycles. The predicted octanol–water partition coefficient (Wildman–Crippen LogP) is 4.91. The lowest BCUT2D eigenvalue weighted by Crippen LogP contribution is -2.36. The van der Waals surface area contributed by atoms with Crippen LogP contribution in [0.3, 0.4) is 0 Å². The average molecular weight is 452 g/mol. The Labute approximate surface area is 178 Å². The van der Waals surface area contributed by atoms with Crippen molar-refractivity contribution in [3.8, 4) is 11.3 Å². The summed E-state index contributed by atoms with van der Waals surface area (Å²) in [4.78, 5) is 19.9. The second-order valence-electron chi connectivity index (χ2n) is 6.91. The van der Waals surface area contributed by atoms with Crippen LogP contribution in [0.1, 0.15) is 16.1 Å². The van der Waals surface area contributed by atoms with Gasteiger partial charge in [0.1, 0.15) is 0 Å². The van der Waals surface area contributed by atoms with Gasteiger partial charge >= 0.3 is 0 Å². The molecule has 5 nitrogen and oxygen atoms in total. The minimum atomic E-state index is -0.156. The molecule has 1 amide bonds. The van der Waals surface area contributed by atoms with E-state index in [9.17, 15) is 4.79 Å². The Morgan fingerprint density at radius 1 is 1.07 bits per heavy atom. The average Bonchev–Trinajstić information content (AvgIpc) is 2.74. The van der Waals surface area contributed by atoms with Crippen LogP contribution in [0, 0.1) is 6.92 Å². The Morgan fingerprint density at radius 3 is 2.62 bits per heavy atom. The number of nitrogens with one attached hydrogen (secondary N) is 1. The Balaban J connectivity index is 1.56. The van der Waals surface area contributed by atoms with E-state index in [1.165, 1.54) is 0 Å². The zero-order chi connectivity index (χ0) is 20.2. The molecule has 0 bridgehead atoms. The van der Waals surface area contributed by atoms with Crippen LogP contribution in [-0.4, -0.2) is 37.2 Å². The topological polar surface area (TPSA) is 54.5 Å². The third-order valence-electron chi connectivity index (χ3n) is 4.95. The Hall–Kier alpha value is -2.70. The van der Waals surface area contributed by atoms with Gasteiger partial charge in [0.15, 0.2) is 0 Å². The molecule has 4 rings (SSSR count). The fourth-order valence-electron chi connectivity index (χ4n) is 3.46. The van der Waals surface area contributed by atoms with E-state index in [1.807, 2.05) is 67.6 Å². The summed E-state index contributed by atoms with van der Waals surface area (Å²) < 4.78 is 6.44. The molecule has 0 unspecified atom stereocenters. The first-order valence-corrected chi connectivity index (χ1v) is 10.4. The highest BCUT2D eigenvalue weighted by Gasteiger charge is 2.17. The van der Waals surface area contributed by atoms with E-state index in [1.54, 1.807) is 0 Å². The molecule has 148 valence electrons. The number of halogens is 1. The quantitative estimate of drug-likeness (QED) is 0.612. The first kappa shape index (κ1) is 19.6. The molecule has 1 fully saturated rings. The van der Waals surface area contributed by atoms with Crippen LogP contribution < -0.4 is 10.2 Å². The minimum absolute atomic E-state index is 0.156. The second-order valence-corrected chi connectivity index (χ2v) is 7.83. The first-order chi connectivity index (χ1) is 14.1. The maximum absolute atomic E-state index is 13.0. The zero-order valence-corrected chi connectivity index (χ0v) is 17.8. The van der Waals surface area contributed by atoms with Crippen molar-refractivity contribution < 1.29 is 9.53 Å². The molecule has 2 aromatic carbocycles. The highest BCUT2D eigenvalue weighted by Crippen LogP contribution is 2.28. The van der Waals surface area contributed by atoms with Gasteiger partial charge in [0.05, 0.1) is 41.5 Å². The molecule has 0 aliphatic carbocycles. The van der Waals surface area contributed by atoms with Gasteiger partial charge in [-0.2, -0.15) is 0 Å². The van der Waals surface area contributed by atoms with Gasteiger partial charge in [0, 0.05) is 23.1 Å². The Kier molecular flexibility index (Phi) is 5.92. The van der Waals surface area contributed by atoms with E-state index >= 15 is 0 Å². The SMILES string of the molecule is Cc1nc(-c2cccc(Br)c2)ccc1C(=O)Nc1ccccc1N1CCOCC1. The number of ether oxygens (including phenoxy) is 1. The molecule has 6 heteroatoms. The monoisotopic (exact) mass is 451 g/mol. The second kappa shape index (κ2) is 8.76. The van der Waals surface area contributed by atoms with Crippen molar-refractivity contribution in [2.45, 2.75) is 6.92 Å². The molecule has 1 aliphatic heterocycles. The van der Waals surface area contributed by atoms with Gasteiger partial charge in [-0.15, -0.1) is 0 Å². The molecular weight excluding hydrogens is 430 g/mol. The highest BCUT2D eigenvalue weighted by molar-refractivity contribution is 9.10. The number of pyridine rings is 1. The predicted molar refractivity (Wildman–Crippen MR) is 120 cm³/mol. The molecule has 0 atom stereocenters. The summed E-state index contributed by atoms with van der Waals surface area (Å²) in [7, 11) is 0. The van der Waals surface area contributed by atoms with Crippen LogP contribution in [-0.2, 0) is 4.74 Å². The first-order valence-electron chi connectivity index (χ1n) is 9.58. The largest absolute Gasteiger partial charge is 0.378 e. The van der Waals surface area contributed by atoms with Crippen molar-refractivity contribution in [2.75, 3.05) is 36.5 Å². The standard InChI is InChI=1S/C23H22BrN3O2/c1-16-19(9-10-20(25-16)17-5-4-6-18(24)15-17)23(28)26-21-7-2-3-8-22(21)27-11-13-29-14-12-27/h2-10,15H,11-14H2,1H3,(H,26,28). The molecule has 0 spiro atoms. The van der Waals surface area contributed by atoms with Gasteiger partial charge in [-0.1, -0.05) is 40.2 Å². The molecule has 3 aromatic rings. The smallest absolute Gasteiger partial charge is 0.257 e. The molecule has 0 radical (unpaired) electrons. The van der Waals surface area contributed by atoms with Crippen molar-refractivity contribution in [2.24, 2.45) is 0 Å². The lowest BCUT2D eigenvalue weighted by Gasteiger charge is -2.30. The third-order valence-corrected chi connectivity index (χ3v) is 5.45. The summed E-state index contributed by atoms with van der Waals surface area (Å²) in [5.41, 5.74) is 4.93. The van der Waals surface area contributed by atoms with Gasteiger partial charge in [0.25, 0.3) is 5.91 Å². The van der Waals surface area contributed by atoms with E-state index in [4.69, 9.17) is 4.74 Å². The van der Waals surface area contributed by atoms with Crippen molar-refractivity contribution >= 4 is 33.2 Å². The van der Waals surface area contributed by atoms with E-state index in [-0.39, 0.29) is 5.91 Å². The summed E-state index contributed by atoms with van der Waals surface area (Å²) in [5, 5.41) is 3.06. The number of rotatable bonds is 4. The van der Waals surface area contributed by atoms with Gasteiger partial charge in [-0.05, 0) is 43.3 Å². The van der Waals surface area contributed by atoms with Crippen molar-refractivity contribution in [3.05, 3.63) is 76.4 Å². The number of morpholine rings is 1. The van der Waals surface area contributed by atoms with Crippen molar-refractivity contribution in [1.82, 2.24) is 4.98 Å². The molecule has 1 aliphatic rings. The number of amides is 1. The van der Waals surface area contributed by atoms with Crippen molar-refractivity contribution in [3.63, 3.8) is 0 Å². The fourth-order valence-corrected chi connectivity index (χ4v) is 3.86. The normalized spacial score (nSPS) is 13.9. The third kappa shape index (κ3) is 4.49. The van der Waals surface area contributed by atoms with Crippen LogP contribution in [0.15, 0.2) is 65.1 Å². The summed E-state index contributed by atoms with van der Waals surface area (Å²) >= 11 is 3.49. The van der Waals surface area contributed by atoms with Gasteiger partial charge < -0.3 is 15.0 Å². The van der Waals surface area contributed by atoms with E-state index in [0.29, 0.717) is 24.5 Å². The lowest BCUT2D eigenvalue weighted by atomic mass is 10.1. The molecule has 1 N–H and O–H groups in total. The summed E-state index contributed by atoms with van der Waals surface area (Å²) in [6.45, 7) is 4.89. The van der Waals surface area contributed by atoms with Crippen LogP contribution in [0.2, 0.25) is 0 Å². The number of carbonyl (C=O) groups is 1. The van der Waals surface area contributed by atoms with Crippen molar-refractivity contribution in [1.29, 1.82) is 0 Å². The number of para-hydroxylation sites is 2. The number of aryl methyl sites for hydroxylation is 1. The van der Waals surface area contributed by atoms with Crippen LogP contribution in [0.4, 0.5) is 11.4 Å². The summed E-state index contributed by atoms with van der Waals surface area (Å²) in [5.74, 6) is -0.156. The maximum atomic E-state index is 13.0. The van der Waals surface area contributed by atoms with Crippen LogP contribution >= 0.6 is 15.9 Å². The number of benzene rings is 2. The number of hydrogen-bond donors (Lipinski definition) is 1. The number of aromatic nitrogens is 1.